The molecule has 30 heavy (non-hydrogen) atoms. The van der Waals surface area contributed by atoms with Crippen LogP contribution in [-0.4, -0.2) is 40.5 Å². The molecule has 1 aromatic heterocycles. The maximum atomic E-state index is 13.7. The van der Waals surface area contributed by atoms with Gasteiger partial charge in [-0.05, 0) is 34.4 Å². The van der Waals surface area contributed by atoms with Crippen LogP contribution in [-0.2, 0) is 4.74 Å². The second-order valence-corrected chi connectivity index (χ2v) is 7.09. The molecule has 0 saturated carbocycles. The Labute approximate surface area is 173 Å². The number of carbonyl (C=O) groups is 1. The third kappa shape index (κ3) is 3.90. The minimum atomic E-state index is -1.57. The molecule has 0 spiro atoms. The summed E-state index contributed by atoms with van der Waals surface area (Å²) in [6.45, 7) is -0.179. The summed E-state index contributed by atoms with van der Waals surface area (Å²) in [5, 5.41) is 22.5. The van der Waals surface area contributed by atoms with Crippen LogP contribution in [0, 0.1) is 5.82 Å². The Morgan fingerprint density at radius 3 is 2.30 bits per heavy atom. The molecule has 0 saturated heterocycles. The highest BCUT2D eigenvalue weighted by molar-refractivity contribution is 5.79. The van der Waals surface area contributed by atoms with Crippen LogP contribution in [0.1, 0.15) is 28.8 Å². The molecular weight excluding hydrogens is 387 g/mol. The molecule has 154 valence electrons. The topological polar surface area (TPSA) is 91.7 Å². The average Bonchev–Trinajstić information content (AvgIpc) is 3.09. The average molecular weight is 408 g/mol. The van der Waals surface area contributed by atoms with Gasteiger partial charge in [-0.25, -0.2) is 9.18 Å². The third-order valence-electron chi connectivity index (χ3n) is 5.23. The van der Waals surface area contributed by atoms with E-state index in [0.29, 0.717) is 0 Å². The number of hydrogen-bond donors (Lipinski definition) is 3. The van der Waals surface area contributed by atoms with Gasteiger partial charge in [0, 0.05) is 18.7 Å². The van der Waals surface area contributed by atoms with Crippen LogP contribution in [0.3, 0.4) is 0 Å². The molecule has 0 aliphatic heterocycles. The number of hydrogen-bond acceptors (Lipinski definition) is 5. The van der Waals surface area contributed by atoms with Crippen LogP contribution in [0.5, 0.6) is 0 Å². The van der Waals surface area contributed by atoms with E-state index < -0.39 is 24.1 Å². The lowest BCUT2D eigenvalue weighted by atomic mass is 9.98. The SMILES string of the molecule is O=C(NCC(O)C(O)c1ncccc1F)OCC1c2ccccc2-c2ccccc21. The molecule has 2 aromatic carbocycles. The van der Waals surface area contributed by atoms with E-state index in [1.807, 2.05) is 48.5 Å². The van der Waals surface area contributed by atoms with Gasteiger partial charge in [0.05, 0.1) is 0 Å². The van der Waals surface area contributed by atoms with E-state index in [0.717, 1.165) is 28.3 Å². The van der Waals surface area contributed by atoms with Crippen molar-refractivity contribution in [2.45, 2.75) is 18.1 Å². The van der Waals surface area contributed by atoms with Crippen molar-refractivity contribution in [3.63, 3.8) is 0 Å². The van der Waals surface area contributed by atoms with E-state index in [4.69, 9.17) is 4.74 Å². The lowest BCUT2D eigenvalue weighted by Gasteiger charge is -2.19. The van der Waals surface area contributed by atoms with Gasteiger partial charge in [0.1, 0.15) is 30.3 Å². The van der Waals surface area contributed by atoms with Crippen molar-refractivity contribution < 1.29 is 24.1 Å². The highest BCUT2D eigenvalue weighted by Gasteiger charge is 2.29. The number of nitrogens with zero attached hydrogens (tertiary/aromatic N) is 1. The molecule has 6 nitrogen and oxygen atoms in total. The molecule has 3 aromatic rings. The van der Waals surface area contributed by atoms with Crippen LogP contribution in [0.4, 0.5) is 9.18 Å². The Hall–Kier alpha value is -3.29. The number of aliphatic hydroxyl groups excluding tert-OH is 2. The van der Waals surface area contributed by atoms with Gasteiger partial charge in [-0.3, -0.25) is 4.98 Å². The number of fused-ring (bicyclic) bond motifs is 3. The van der Waals surface area contributed by atoms with E-state index in [-0.39, 0.29) is 24.8 Å². The van der Waals surface area contributed by atoms with Crippen molar-refractivity contribution in [1.29, 1.82) is 0 Å². The summed E-state index contributed by atoms with van der Waals surface area (Å²) >= 11 is 0. The highest BCUT2D eigenvalue weighted by Crippen LogP contribution is 2.44. The fourth-order valence-electron chi connectivity index (χ4n) is 3.75. The van der Waals surface area contributed by atoms with E-state index in [1.165, 1.54) is 12.3 Å². The van der Waals surface area contributed by atoms with Gasteiger partial charge in [-0.1, -0.05) is 48.5 Å². The minimum absolute atomic E-state index is 0.0821. The summed E-state index contributed by atoms with van der Waals surface area (Å²) in [4.78, 5) is 15.9. The number of nitrogens with one attached hydrogen (secondary N) is 1. The smallest absolute Gasteiger partial charge is 0.407 e. The van der Waals surface area contributed by atoms with Gasteiger partial charge in [0.15, 0.2) is 0 Å². The number of carbonyl (C=O) groups excluding carboxylic acids is 1. The molecule has 0 radical (unpaired) electrons. The minimum Gasteiger partial charge on any atom is -0.449 e. The molecule has 2 unspecified atom stereocenters. The normalized spacial score (nSPS) is 14.5. The first-order chi connectivity index (χ1) is 14.6. The molecular formula is C23H21FN2O4. The molecule has 0 fully saturated rings. The van der Waals surface area contributed by atoms with Crippen molar-refractivity contribution >= 4 is 6.09 Å². The van der Waals surface area contributed by atoms with Crippen molar-refractivity contribution in [3.8, 4) is 11.1 Å². The van der Waals surface area contributed by atoms with Crippen molar-refractivity contribution in [2.75, 3.05) is 13.2 Å². The lowest BCUT2D eigenvalue weighted by molar-refractivity contribution is 0.0139. The number of alkyl carbamates (subject to hydrolysis) is 1. The van der Waals surface area contributed by atoms with E-state index in [9.17, 15) is 19.4 Å². The molecule has 3 N–H and O–H groups in total. The first kappa shape index (κ1) is 20.0. The van der Waals surface area contributed by atoms with Crippen LogP contribution < -0.4 is 5.32 Å². The molecule has 7 heteroatoms. The Morgan fingerprint density at radius 2 is 1.67 bits per heavy atom. The van der Waals surface area contributed by atoms with Crippen molar-refractivity contribution in [1.82, 2.24) is 10.3 Å². The van der Waals surface area contributed by atoms with E-state index >= 15 is 0 Å². The predicted octanol–water partition coefficient (Wildman–Crippen LogP) is 3.15. The Morgan fingerprint density at radius 1 is 1.03 bits per heavy atom. The number of pyridine rings is 1. The standard InChI is InChI=1S/C23H21FN2O4/c24-19-10-5-11-25-21(19)22(28)20(27)12-26-23(29)30-13-18-16-8-3-1-6-14(16)15-7-2-4-9-17(15)18/h1-11,18,20,22,27-28H,12-13H2,(H,26,29). The van der Waals surface area contributed by atoms with Gasteiger partial charge >= 0.3 is 6.09 Å². The predicted molar refractivity (Wildman–Crippen MR) is 108 cm³/mol. The first-order valence-corrected chi connectivity index (χ1v) is 9.61. The third-order valence-corrected chi connectivity index (χ3v) is 5.23. The zero-order valence-electron chi connectivity index (χ0n) is 16.0. The summed E-state index contributed by atoms with van der Waals surface area (Å²) < 4.78 is 19.1. The number of rotatable bonds is 6. The van der Waals surface area contributed by atoms with Gasteiger partial charge in [0.25, 0.3) is 0 Å². The molecule has 1 amide bonds. The zero-order chi connectivity index (χ0) is 21.1. The number of halogens is 1. The zero-order valence-corrected chi connectivity index (χ0v) is 16.0. The Bertz CT molecular complexity index is 1010. The van der Waals surface area contributed by atoms with E-state index in [2.05, 4.69) is 10.3 Å². The number of aromatic nitrogens is 1. The van der Waals surface area contributed by atoms with Gasteiger partial charge < -0.3 is 20.3 Å². The first-order valence-electron chi connectivity index (χ1n) is 9.61. The Kier molecular flexibility index (Phi) is 5.74. The van der Waals surface area contributed by atoms with Gasteiger partial charge in [-0.15, -0.1) is 0 Å². The summed E-state index contributed by atoms with van der Waals surface area (Å²) in [7, 11) is 0. The van der Waals surface area contributed by atoms with Crippen molar-refractivity contribution in [2.24, 2.45) is 0 Å². The summed E-state index contributed by atoms with van der Waals surface area (Å²) in [6, 6.07) is 18.5. The lowest BCUT2D eigenvalue weighted by Crippen LogP contribution is -2.36. The summed E-state index contributed by atoms with van der Waals surface area (Å²) in [6.07, 6.45) is -2.42. The molecule has 1 aliphatic carbocycles. The summed E-state index contributed by atoms with van der Waals surface area (Å²) in [5.74, 6) is -0.813. The number of ether oxygens (including phenoxy) is 1. The van der Waals surface area contributed by atoms with Crippen LogP contribution in [0.15, 0.2) is 66.9 Å². The number of aliphatic hydroxyl groups is 2. The van der Waals surface area contributed by atoms with Crippen molar-refractivity contribution in [3.05, 3.63) is 89.5 Å². The summed E-state index contributed by atoms with van der Waals surface area (Å²) in [5.41, 5.74) is 4.15. The maximum Gasteiger partial charge on any atom is 0.407 e. The highest BCUT2D eigenvalue weighted by atomic mass is 19.1. The fourth-order valence-corrected chi connectivity index (χ4v) is 3.75. The molecule has 0 bridgehead atoms. The maximum absolute atomic E-state index is 13.7. The quantitative estimate of drug-likeness (QED) is 0.583. The van der Waals surface area contributed by atoms with Crippen LogP contribution in [0.2, 0.25) is 0 Å². The van der Waals surface area contributed by atoms with Crippen LogP contribution in [0.25, 0.3) is 11.1 Å². The van der Waals surface area contributed by atoms with Gasteiger partial charge in [0.2, 0.25) is 0 Å². The molecule has 1 aliphatic rings. The van der Waals surface area contributed by atoms with Gasteiger partial charge in [-0.2, -0.15) is 0 Å². The monoisotopic (exact) mass is 408 g/mol. The second kappa shape index (κ2) is 8.61. The fraction of sp³-hybridized carbons (Fsp3) is 0.217. The number of amides is 1. The second-order valence-electron chi connectivity index (χ2n) is 7.09. The van der Waals surface area contributed by atoms with Crippen LogP contribution >= 0.6 is 0 Å². The van der Waals surface area contributed by atoms with E-state index in [1.54, 1.807) is 0 Å². The molecule has 2 atom stereocenters. The number of benzene rings is 2. The molecule has 1 heterocycles. The largest absolute Gasteiger partial charge is 0.449 e. The molecule has 4 rings (SSSR count). The Balaban J connectivity index is 1.35.